The van der Waals surface area contributed by atoms with Crippen molar-refractivity contribution in [2.24, 2.45) is 0 Å². The Labute approximate surface area is 343 Å². The smallest absolute Gasteiger partial charge is 0.251 e. The molecule has 0 aliphatic carbocycles. The highest BCUT2D eigenvalue weighted by atomic mass is 16.5. The summed E-state index contributed by atoms with van der Waals surface area (Å²) >= 11 is 0. The maximum atomic E-state index is 6.79. The molecule has 13 rings (SSSR count). The molecular formula is C55H34B2O2. The fraction of sp³-hybridized carbons (Fsp3) is 0.0182. The minimum Gasteiger partial charge on any atom is -0.458 e. The Hall–Kier alpha value is -7.29. The summed E-state index contributed by atoms with van der Waals surface area (Å²) in [4.78, 5) is 0. The van der Waals surface area contributed by atoms with Gasteiger partial charge < -0.3 is 9.15 Å². The second kappa shape index (κ2) is 12.4. The Kier molecular flexibility index (Phi) is 6.86. The van der Waals surface area contributed by atoms with Crippen molar-refractivity contribution in [3.63, 3.8) is 0 Å². The second-order valence-electron chi connectivity index (χ2n) is 16.2. The average Bonchev–Trinajstić information content (AvgIpc) is 3.69. The van der Waals surface area contributed by atoms with Crippen LogP contribution in [0.15, 0.2) is 211 Å². The van der Waals surface area contributed by atoms with Gasteiger partial charge in [0, 0.05) is 16.3 Å². The van der Waals surface area contributed by atoms with Crippen molar-refractivity contribution in [2.45, 2.75) is 5.41 Å². The zero-order chi connectivity index (χ0) is 38.7. The van der Waals surface area contributed by atoms with E-state index in [1.807, 2.05) is 6.07 Å². The number of hydrogen-bond donors (Lipinski definition) is 0. The molecule has 3 aliphatic heterocycles. The lowest BCUT2D eigenvalue weighted by Gasteiger charge is -2.50. The van der Waals surface area contributed by atoms with E-state index in [1.54, 1.807) is 0 Å². The Morgan fingerprint density at radius 1 is 0.373 bits per heavy atom. The van der Waals surface area contributed by atoms with Crippen LogP contribution in [-0.2, 0) is 5.41 Å². The van der Waals surface area contributed by atoms with Crippen LogP contribution in [0.3, 0.4) is 0 Å². The molecule has 10 aromatic rings. The van der Waals surface area contributed by atoms with E-state index in [1.165, 1.54) is 66.2 Å². The predicted octanol–water partition coefficient (Wildman–Crippen LogP) is 9.07. The monoisotopic (exact) mass is 748 g/mol. The van der Waals surface area contributed by atoms with E-state index in [9.17, 15) is 0 Å². The van der Waals surface area contributed by atoms with Crippen LogP contribution in [0.1, 0.15) is 22.3 Å². The van der Waals surface area contributed by atoms with Gasteiger partial charge in [0.15, 0.2) is 0 Å². The van der Waals surface area contributed by atoms with Crippen molar-refractivity contribution >= 4 is 68.1 Å². The summed E-state index contributed by atoms with van der Waals surface area (Å²) in [5.74, 6) is 1.88. The standard InChI is InChI=1S/C55H34B2O2/c1-2-16-35(17-3-1)36-32-37(39-19-14-20-41-40-18-4-12-29-50(40)59-54(39)41)34-38(33-36)56-46-25-8-5-21-42(46)55(43-22-6-9-26-47(43)56)44-23-7-10-27-48(44)57-49-28-11-13-30-51(49)58-52-31-15-24-45(55)53(52)57/h1-34H. The van der Waals surface area contributed by atoms with Gasteiger partial charge in [0.05, 0.1) is 5.41 Å². The zero-order valence-corrected chi connectivity index (χ0v) is 32.1. The summed E-state index contributed by atoms with van der Waals surface area (Å²) in [6.07, 6.45) is 0. The number of para-hydroxylation sites is 3. The van der Waals surface area contributed by atoms with Gasteiger partial charge in [-0.25, -0.2) is 0 Å². The van der Waals surface area contributed by atoms with Gasteiger partial charge in [0.1, 0.15) is 22.7 Å². The Balaban J connectivity index is 1.10. The van der Waals surface area contributed by atoms with Crippen molar-refractivity contribution in [3.8, 4) is 33.8 Å². The zero-order valence-electron chi connectivity index (χ0n) is 32.1. The summed E-state index contributed by atoms with van der Waals surface area (Å²) in [6.45, 7) is 0.0304. The van der Waals surface area contributed by atoms with E-state index in [2.05, 4.69) is 200 Å². The molecular weight excluding hydrogens is 714 g/mol. The molecule has 59 heavy (non-hydrogen) atoms. The molecule has 272 valence electrons. The normalized spacial score (nSPS) is 14.0. The molecule has 1 aromatic heterocycles. The summed E-state index contributed by atoms with van der Waals surface area (Å²) in [7, 11) is 0. The fourth-order valence-corrected chi connectivity index (χ4v) is 11.1. The van der Waals surface area contributed by atoms with E-state index in [-0.39, 0.29) is 13.4 Å². The highest BCUT2D eigenvalue weighted by molar-refractivity contribution is 6.99. The van der Waals surface area contributed by atoms with Crippen LogP contribution in [0.25, 0.3) is 44.2 Å². The Bertz CT molecular complexity index is 3300. The van der Waals surface area contributed by atoms with Gasteiger partial charge in [-0.15, -0.1) is 0 Å². The van der Waals surface area contributed by atoms with Crippen LogP contribution in [-0.4, -0.2) is 13.4 Å². The lowest BCUT2D eigenvalue weighted by molar-refractivity contribution is 0.486. The summed E-state index contributed by atoms with van der Waals surface area (Å²) in [5, 5.41) is 2.27. The third-order valence-electron chi connectivity index (χ3n) is 13.3. The summed E-state index contributed by atoms with van der Waals surface area (Å²) in [5.41, 5.74) is 18.8. The highest BCUT2D eigenvalue weighted by Crippen LogP contribution is 2.48. The molecule has 3 aliphatic rings. The van der Waals surface area contributed by atoms with Crippen LogP contribution in [0.5, 0.6) is 11.5 Å². The first-order chi connectivity index (χ1) is 29.3. The molecule has 0 amide bonds. The van der Waals surface area contributed by atoms with Gasteiger partial charge in [-0.2, -0.15) is 0 Å². The number of rotatable bonds is 3. The van der Waals surface area contributed by atoms with E-state index >= 15 is 0 Å². The number of fused-ring (bicyclic) bond motifs is 13. The lowest BCUT2D eigenvalue weighted by Crippen LogP contribution is -2.68. The molecule has 4 heteroatoms. The van der Waals surface area contributed by atoms with Crippen LogP contribution in [0.2, 0.25) is 0 Å². The first-order valence-corrected chi connectivity index (χ1v) is 20.6. The molecule has 0 atom stereocenters. The molecule has 2 nitrogen and oxygen atoms in total. The van der Waals surface area contributed by atoms with Crippen molar-refractivity contribution < 1.29 is 9.15 Å². The van der Waals surface area contributed by atoms with Crippen LogP contribution < -0.4 is 37.5 Å². The van der Waals surface area contributed by atoms with E-state index in [4.69, 9.17) is 9.15 Å². The highest BCUT2D eigenvalue weighted by Gasteiger charge is 2.54. The molecule has 0 radical (unpaired) electrons. The fourth-order valence-electron chi connectivity index (χ4n) is 11.1. The molecule has 0 fully saturated rings. The predicted molar refractivity (Wildman–Crippen MR) is 245 cm³/mol. The maximum absolute atomic E-state index is 6.79. The number of hydrogen-bond acceptors (Lipinski definition) is 2. The molecule has 0 unspecified atom stereocenters. The Morgan fingerprint density at radius 3 is 1.69 bits per heavy atom. The minimum atomic E-state index is -0.572. The van der Waals surface area contributed by atoms with Crippen LogP contribution in [0, 0.1) is 0 Å². The average molecular weight is 748 g/mol. The van der Waals surface area contributed by atoms with Crippen LogP contribution in [0.4, 0.5) is 0 Å². The van der Waals surface area contributed by atoms with Crippen molar-refractivity contribution in [2.75, 3.05) is 0 Å². The molecule has 9 aromatic carbocycles. The van der Waals surface area contributed by atoms with E-state index in [0.717, 1.165) is 44.6 Å². The van der Waals surface area contributed by atoms with E-state index in [0.29, 0.717) is 0 Å². The summed E-state index contributed by atoms with van der Waals surface area (Å²) < 4.78 is 13.5. The van der Waals surface area contributed by atoms with Crippen molar-refractivity contribution in [1.82, 2.24) is 0 Å². The quantitative estimate of drug-likeness (QED) is 0.168. The first kappa shape index (κ1) is 32.8. The van der Waals surface area contributed by atoms with Crippen molar-refractivity contribution in [1.29, 1.82) is 0 Å². The molecule has 0 N–H and O–H groups in total. The molecule has 0 bridgehead atoms. The third kappa shape index (κ3) is 4.49. The number of benzene rings is 9. The largest absolute Gasteiger partial charge is 0.458 e. The van der Waals surface area contributed by atoms with Gasteiger partial charge in [0.25, 0.3) is 6.71 Å². The Morgan fingerprint density at radius 2 is 0.932 bits per heavy atom. The number of ether oxygens (including phenoxy) is 1. The van der Waals surface area contributed by atoms with Gasteiger partial charge in [-0.1, -0.05) is 204 Å². The minimum absolute atomic E-state index is 0.0355. The molecule has 4 heterocycles. The topological polar surface area (TPSA) is 22.4 Å². The lowest BCUT2D eigenvalue weighted by atomic mass is 9.26. The maximum Gasteiger partial charge on any atom is 0.251 e. The van der Waals surface area contributed by atoms with Gasteiger partial charge in [0.2, 0.25) is 6.71 Å². The first-order valence-electron chi connectivity index (χ1n) is 20.6. The van der Waals surface area contributed by atoms with Crippen molar-refractivity contribution in [3.05, 3.63) is 229 Å². The van der Waals surface area contributed by atoms with Gasteiger partial charge >= 0.3 is 0 Å². The molecule has 1 spiro atoms. The molecule has 0 saturated heterocycles. The third-order valence-corrected chi connectivity index (χ3v) is 13.3. The summed E-state index contributed by atoms with van der Waals surface area (Å²) in [6, 6.07) is 75.8. The van der Waals surface area contributed by atoms with Gasteiger partial charge in [-0.3, -0.25) is 0 Å². The second-order valence-corrected chi connectivity index (χ2v) is 16.2. The SMILES string of the molecule is c1ccc(-c2cc(B3c4ccccc4C4(c5ccccc53)c3ccccc3B3c5ccccc5Oc5cccc4c53)cc(-c3cccc4c3oc3ccccc34)c2)cc1. The molecule has 0 saturated carbocycles. The van der Waals surface area contributed by atoms with Gasteiger partial charge in [-0.05, 0) is 74.1 Å². The van der Waals surface area contributed by atoms with E-state index < -0.39 is 5.41 Å². The number of furan rings is 1. The van der Waals surface area contributed by atoms with Crippen LogP contribution >= 0.6 is 0 Å².